The van der Waals surface area contributed by atoms with Gasteiger partial charge in [0.25, 0.3) is 0 Å². The van der Waals surface area contributed by atoms with E-state index in [1.807, 2.05) is 18.2 Å². The van der Waals surface area contributed by atoms with Crippen LogP contribution in [0.5, 0.6) is 0 Å². The summed E-state index contributed by atoms with van der Waals surface area (Å²) < 4.78 is 7.48. The highest BCUT2D eigenvalue weighted by Gasteiger charge is 1.89. The summed E-state index contributed by atoms with van der Waals surface area (Å²) >= 11 is 0. The maximum Gasteiger partial charge on any atom is 0.248 e. The zero-order valence-corrected chi connectivity index (χ0v) is 5.79. The molecule has 0 fully saturated rings. The lowest BCUT2D eigenvalue weighted by Gasteiger charge is -1.93. The second-order valence-corrected chi connectivity index (χ2v) is 2.32. The minimum atomic E-state index is -0.223. The highest BCUT2D eigenvalue weighted by atomic mass is 16.1. The van der Waals surface area contributed by atoms with Gasteiger partial charge in [-0.15, -0.1) is 0 Å². The number of pyridine rings is 1. The first-order valence-electron chi connectivity index (χ1n) is 3.86. The summed E-state index contributed by atoms with van der Waals surface area (Å²) in [5.74, 6) is 0. The van der Waals surface area contributed by atoms with Gasteiger partial charge >= 0.3 is 0 Å². The van der Waals surface area contributed by atoms with E-state index in [0.717, 1.165) is 10.9 Å². The van der Waals surface area contributed by atoms with Crippen molar-refractivity contribution < 1.29 is 1.37 Å². The standard InChI is InChI=1S/C9H7NO/c11-9-6-5-7-3-1-2-4-8(7)10-9/h1-6H,(H,10,11)/i5D. The summed E-state index contributed by atoms with van der Waals surface area (Å²) in [7, 11) is 0. The molecule has 0 bridgehead atoms. The topological polar surface area (TPSA) is 32.9 Å². The molecule has 2 nitrogen and oxygen atoms in total. The van der Waals surface area contributed by atoms with Crippen LogP contribution in [0.15, 0.2) is 41.2 Å². The number of hydrogen-bond acceptors (Lipinski definition) is 1. The van der Waals surface area contributed by atoms with Crippen molar-refractivity contribution in [3.63, 3.8) is 0 Å². The summed E-state index contributed by atoms with van der Waals surface area (Å²) in [4.78, 5) is 13.6. The van der Waals surface area contributed by atoms with Crippen LogP contribution in [0.3, 0.4) is 0 Å². The summed E-state index contributed by atoms with van der Waals surface area (Å²) in [5.41, 5.74) is 0.494. The third kappa shape index (κ3) is 1.03. The predicted octanol–water partition coefficient (Wildman–Crippen LogP) is 1.53. The SMILES string of the molecule is [2H]c1cc(=O)[nH]c2ccccc12. The van der Waals surface area contributed by atoms with Gasteiger partial charge in [-0.2, -0.15) is 0 Å². The van der Waals surface area contributed by atoms with E-state index in [0.29, 0.717) is 0 Å². The molecule has 0 aliphatic rings. The summed E-state index contributed by atoms with van der Waals surface area (Å²) in [6.45, 7) is 0. The molecule has 0 atom stereocenters. The van der Waals surface area contributed by atoms with Gasteiger partial charge in [0, 0.05) is 11.6 Å². The van der Waals surface area contributed by atoms with E-state index in [2.05, 4.69) is 4.98 Å². The molecule has 1 N–H and O–H groups in total. The van der Waals surface area contributed by atoms with Gasteiger partial charge in [-0.25, -0.2) is 0 Å². The molecule has 0 saturated heterocycles. The van der Waals surface area contributed by atoms with Crippen molar-refractivity contribution in [1.29, 1.82) is 0 Å². The molecule has 1 aromatic carbocycles. The molecule has 54 valence electrons. The fourth-order valence-electron chi connectivity index (χ4n) is 1.03. The number of hydrogen-bond donors (Lipinski definition) is 1. The van der Waals surface area contributed by atoms with Gasteiger partial charge in [-0.1, -0.05) is 18.2 Å². The molecule has 2 aromatic rings. The minimum absolute atomic E-state index is 0.223. The van der Waals surface area contributed by atoms with Crippen molar-refractivity contribution in [3.05, 3.63) is 46.7 Å². The van der Waals surface area contributed by atoms with Crippen LogP contribution in [-0.2, 0) is 0 Å². The van der Waals surface area contributed by atoms with Crippen molar-refractivity contribution in [2.24, 2.45) is 0 Å². The third-order valence-corrected chi connectivity index (χ3v) is 1.54. The van der Waals surface area contributed by atoms with Gasteiger partial charge < -0.3 is 4.98 Å². The molecule has 0 amide bonds. The molecule has 0 spiro atoms. The zero-order valence-electron chi connectivity index (χ0n) is 6.79. The van der Waals surface area contributed by atoms with Crippen LogP contribution in [0.2, 0.25) is 0 Å². The van der Waals surface area contributed by atoms with Gasteiger partial charge in [-0.05, 0) is 17.5 Å². The Bertz CT molecular complexity index is 475. The van der Waals surface area contributed by atoms with E-state index >= 15 is 0 Å². The summed E-state index contributed by atoms with van der Waals surface area (Å²) in [5, 5.41) is 0.775. The first-order chi connectivity index (χ1) is 5.77. The largest absolute Gasteiger partial charge is 0.322 e. The molecule has 0 unspecified atom stereocenters. The van der Waals surface area contributed by atoms with Crippen molar-refractivity contribution in [3.8, 4) is 0 Å². The molecular formula is C9H7NO. The quantitative estimate of drug-likeness (QED) is 0.600. The van der Waals surface area contributed by atoms with Crippen LogP contribution in [0, 0.1) is 0 Å². The number of benzene rings is 1. The molecule has 1 aromatic heterocycles. The number of aromatic amines is 1. The molecule has 0 saturated carbocycles. The molecule has 0 aliphatic heterocycles. The zero-order chi connectivity index (χ0) is 8.55. The number of nitrogens with one attached hydrogen (secondary N) is 1. The van der Waals surface area contributed by atoms with Gasteiger partial charge in [0.2, 0.25) is 5.56 Å². The Morgan fingerprint density at radius 1 is 1.27 bits per heavy atom. The number of aromatic nitrogens is 1. The second-order valence-electron chi connectivity index (χ2n) is 2.32. The van der Waals surface area contributed by atoms with E-state index in [1.165, 1.54) is 6.07 Å². The highest BCUT2D eigenvalue weighted by Crippen LogP contribution is 2.06. The van der Waals surface area contributed by atoms with Crippen molar-refractivity contribution >= 4 is 10.9 Å². The second kappa shape index (κ2) is 2.23. The van der Waals surface area contributed by atoms with Crippen molar-refractivity contribution in [2.75, 3.05) is 0 Å². The van der Waals surface area contributed by atoms with Crippen LogP contribution in [0.4, 0.5) is 0 Å². The highest BCUT2D eigenvalue weighted by molar-refractivity contribution is 5.77. The number of fused-ring (bicyclic) bond motifs is 1. The lowest BCUT2D eigenvalue weighted by molar-refractivity contribution is 1.31. The molecule has 0 radical (unpaired) electrons. The van der Waals surface area contributed by atoms with Gasteiger partial charge in [0.1, 0.15) is 0 Å². The van der Waals surface area contributed by atoms with Crippen LogP contribution < -0.4 is 5.56 Å². The van der Waals surface area contributed by atoms with Gasteiger partial charge in [-0.3, -0.25) is 4.79 Å². The first kappa shape index (κ1) is 5.13. The Morgan fingerprint density at radius 2 is 2.09 bits per heavy atom. The van der Waals surface area contributed by atoms with Crippen molar-refractivity contribution in [1.82, 2.24) is 4.98 Å². The Kier molecular flexibility index (Phi) is 1.04. The van der Waals surface area contributed by atoms with Gasteiger partial charge in [0.05, 0.1) is 1.37 Å². The molecule has 1 heterocycles. The number of para-hydroxylation sites is 1. The lowest BCUT2D eigenvalue weighted by Crippen LogP contribution is -2.01. The average molecular weight is 146 g/mol. The van der Waals surface area contributed by atoms with E-state index in [4.69, 9.17) is 1.37 Å². The lowest BCUT2D eigenvalue weighted by atomic mass is 10.2. The number of H-pyrrole nitrogens is 1. The molecule has 0 aliphatic carbocycles. The predicted molar refractivity (Wildman–Crippen MR) is 44.6 cm³/mol. The van der Waals surface area contributed by atoms with E-state index in [-0.39, 0.29) is 11.6 Å². The van der Waals surface area contributed by atoms with E-state index in [1.54, 1.807) is 6.07 Å². The Balaban J connectivity index is 2.99. The Hall–Kier alpha value is -1.57. The fourth-order valence-corrected chi connectivity index (χ4v) is 1.03. The molecule has 2 heteroatoms. The summed E-state index contributed by atoms with van der Waals surface area (Å²) in [6, 6.07) is 8.83. The smallest absolute Gasteiger partial charge is 0.248 e. The Morgan fingerprint density at radius 3 is 3.00 bits per heavy atom. The number of rotatable bonds is 0. The average Bonchev–Trinajstić information content (AvgIpc) is 2.04. The maximum atomic E-state index is 10.9. The van der Waals surface area contributed by atoms with E-state index in [9.17, 15) is 4.79 Å². The molecule has 11 heavy (non-hydrogen) atoms. The monoisotopic (exact) mass is 146 g/mol. The first-order valence-corrected chi connectivity index (χ1v) is 3.36. The van der Waals surface area contributed by atoms with Crippen LogP contribution in [-0.4, -0.2) is 4.98 Å². The van der Waals surface area contributed by atoms with Crippen LogP contribution in [0.25, 0.3) is 10.9 Å². The van der Waals surface area contributed by atoms with Crippen LogP contribution >= 0.6 is 0 Å². The van der Waals surface area contributed by atoms with Gasteiger partial charge in [0.15, 0.2) is 0 Å². The normalized spacial score (nSPS) is 11.5. The molecular weight excluding hydrogens is 138 g/mol. The van der Waals surface area contributed by atoms with Crippen molar-refractivity contribution in [2.45, 2.75) is 0 Å². The fraction of sp³-hybridized carbons (Fsp3) is 0. The Labute approximate surface area is 64.9 Å². The summed E-state index contributed by atoms with van der Waals surface area (Å²) in [6.07, 6.45) is 0. The maximum absolute atomic E-state index is 10.9. The van der Waals surface area contributed by atoms with Crippen LogP contribution in [0.1, 0.15) is 1.37 Å². The minimum Gasteiger partial charge on any atom is -0.322 e. The molecule has 2 rings (SSSR count). The third-order valence-electron chi connectivity index (χ3n) is 1.54. The van der Waals surface area contributed by atoms with E-state index < -0.39 is 0 Å².